The lowest BCUT2D eigenvalue weighted by Crippen LogP contribution is -2.32. The first-order valence-corrected chi connectivity index (χ1v) is 4.69. The van der Waals surface area contributed by atoms with Crippen LogP contribution < -0.4 is 4.74 Å². The van der Waals surface area contributed by atoms with Crippen molar-refractivity contribution in [2.24, 2.45) is 0 Å². The summed E-state index contributed by atoms with van der Waals surface area (Å²) in [6, 6.07) is 6.67. The molecule has 0 spiro atoms. The number of halogens is 1. The summed E-state index contributed by atoms with van der Waals surface area (Å²) in [4.78, 5) is 0. The summed E-state index contributed by atoms with van der Waals surface area (Å²) in [6.07, 6.45) is 0.162. The largest absolute Gasteiger partial charge is 0.463 e. The SMILES string of the molecule is CC(O)(CCO)Oc1ccc(Cl)cc1. The zero-order valence-electron chi connectivity index (χ0n) is 7.90. The Morgan fingerprint density at radius 3 is 2.43 bits per heavy atom. The predicted octanol–water partition coefficient (Wildman–Crippen LogP) is 1.81. The van der Waals surface area contributed by atoms with Crippen molar-refractivity contribution in [1.82, 2.24) is 0 Å². The molecule has 1 aromatic rings. The van der Waals surface area contributed by atoms with Gasteiger partial charge in [-0.2, -0.15) is 0 Å². The van der Waals surface area contributed by atoms with E-state index in [1.54, 1.807) is 24.3 Å². The molecule has 0 saturated carbocycles. The van der Waals surface area contributed by atoms with Gasteiger partial charge in [0.15, 0.2) is 0 Å². The van der Waals surface area contributed by atoms with Crippen LogP contribution in [0.4, 0.5) is 0 Å². The number of hydrogen-bond acceptors (Lipinski definition) is 3. The van der Waals surface area contributed by atoms with Crippen LogP contribution in [0.25, 0.3) is 0 Å². The molecule has 4 heteroatoms. The Hall–Kier alpha value is -0.770. The first-order valence-electron chi connectivity index (χ1n) is 4.31. The van der Waals surface area contributed by atoms with Crippen LogP contribution in [0.5, 0.6) is 5.75 Å². The van der Waals surface area contributed by atoms with Gasteiger partial charge in [0.25, 0.3) is 0 Å². The van der Waals surface area contributed by atoms with Crippen LogP contribution in [-0.2, 0) is 0 Å². The third-order valence-electron chi connectivity index (χ3n) is 1.73. The van der Waals surface area contributed by atoms with Gasteiger partial charge in [-0.1, -0.05) is 11.6 Å². The second-order valence-electron chi connectivity index (χ2n) is 3.20. The van der Waals surface area contributed by atoms with E-state index in [1.807, 2.05) is 0 Å². The normalized spacial score (nSPS) is 14.9. The summed E-state index contributed by atoms with van der Waals surface area (Å²) >= 11 is 5.69. The van der Waals surface area contributed by atoms with Gasteiger partial charge < -0.3 is 14.9 Å². The summed E-state index contributed by atoms with van der Waals surface area (Å²) < 4.78 is 5.23. The quantitative estimate of drug-likeness (QED) is 0.755. The molecule has 2 N–H and O–H groups in total. The molecule has 0 amide bonds. The van der Waals surface area contributed by atoms with Crippen molar-refractivity contribution in [3.63, 3.8) is 0 Å². The number of rotatable bonds is 4. The Bertz CT molecular complexity index is 282. The highest BCUT2D eigenvalue weighted by molar-refractivity contribution is 6.30. The van der Waals surface area contributed by atoms with E-state index in [0.29, 0.717) is 10.8 Å². The molecule has 78 valence electrons. The molecule has 0 bridgehead atoms. The van der Waals surface area contributed by atoms with E-state index in [-0.39, 0.29) is 13.0 Å². The summed E-state index contributed by atoms with van der Waals surface area (Å²) in [5.74, 6) is -0.824. The van der Waals surface area contributed by atoms with Gasteiger partial charge in [0, 0.05) is 25.0 Å². The van der Waals surface area contributed by atoms with Crippen molar-refractivity contribution < 1.29 is 14.9 Å². The van der Waals surface area contributed by atoms with Gasteiger partial charge in [-0.15, -0.1) is 0 Å². The van der Waals surface area contributed by atoms with Crippen LogP contribution in [0.15, 0.2) is 24.3 Å². The highest BCUT2D eigenvalue weighted by Crippen LogP contribution is 2.21. The molecule has 0 aliphatic heterocycles. The highest BCUT2D eigenvalue weighted by atomic mass is 35.5. The standard InChI is InChI=1S/C10H13ClO3/c1-10(13,6-7-12)14-9-4-2-8(11)3-5-9/h2-5,12-13H,6-7H2,1H3. The molecule has 1 aromatic carbocycles. The average molecular weight is 217 g/mol. The lowest BCUT2D eigenvalue weighted by molar-refractivity contribution is -0.132. The molecule has 1 atom stereocenters. The Morgan fingerprint density at radius 1 is 1.36 bits per heavy atom. The molecule has 0 aromatic heterocycles. The Morgan fingerprint density at radius 2 is 1.93 bits per heavy atom. The van der Waals surface area contributed by atoms with Crippen molar-refractivity contribution in [1.29, 1.82) is 0 Å². The smallest absolute Gasteiger partial charge is 0.207 e. The van der Waals surface area contributed by atoms with Crippen molar-refractivity contribution in [2.45, 2.75) is 19.1 Å². The summed E-state index contributed by atoms with van der Waals surface area (Å²) in [7, 11) is 0. The summed E-state index contributed by atoms with van der Waals surface area (Å²) in [6.45, 7) is 1.37. The lowest BCUT2D eigenvalue weighted by atomic mass is 10.2. The predicted molar refractivity (Wildman–Crippen MR) is 54.4 cm³/mol. The first-order chi connectivity index (χ1) is 6.53. The van der Waals surface area contributed by atoms with Gasteiger partial charge in [0.2, 0.25) is 5.79 Å². The van der Waals surface area contributed by atoms with Gasteiger partial charge in [-0.05, 0) is 24.3 Å². The van der Waals surface area contributed by atoms with Gasteiger partial charge in [0.1, 0.15) is 5.75 Å². The van der Waals surface area contributed by atoms with Gasteiger partial charge >= 0.3 is 0 Å². The number of benzene rings is 1. The summed E-state index contributed by atoms with van der Waals surface area (Å²) in [5.41, 5.74) is 0. The molecule has 0 heterocycles. The minimum absolute atomic E-state index is 0.124. The monoisotopic (exact) mass is 216 g/mol. The van der Waals surface area contributed by atoms with Crippen molar-refractivity contribution in [3.05, 3.63) is 29.3 Å². The number of aliphatic hydroxyl groups excluding tert-OH is 1. The van der Waals surface area contributed by atoms with Crippen molar-refractivity contribution in [3.8, 4) is 5.75 Å². The maximum absolute atomic E-state index is 9.62. The van der Waals surface area contributed by atoms with Crippen LogP contribution in [0, 0.1) is 0 Å². The number of aliphatic hydroxyl groups is 2. The molecular formula is C10H13ClO3. The van der Waals surface area contributed by atoms with Crippen LogP contribution in [0.1, 0.15) is 13.3 Å². The second-order valence-corrected chi connectivity index (χ2v) is 3.64. The molecule has 0 saturated heterocycles. The molecule has 0 radical (unpaired) electrons. The average Bonchev–Trinajstić information content (AvgIpc) is 2.08. The zero-order chi connectivity index (χ0) is 10.6. The minimum Gasteiger partial charge on any atom is -0.463 e. The molecule has 1 rings (SSSR count). The molecule has 1 unspecified atom stereocenters. The Labute approximate surface area is 87.9 Å². The van der Waals surface area contributed by atoms with Gasteiger partial charge in [-0.25, -0.2) is 0 Å². The number of hydrogen-bond donors (Lipinski definition) is 2. The summed E-state index contributed by atoms with van der Waals surface area (Å²) in [5, 5.41) is 18.9. The topological polar surface area (TPSA) is 49.7 Å². The molecule has 14 heavy (non-hydrogen) atoms. The lowest BCUT2D eigenvalue weighted by Gasteiger charge is -2.23. The molecule has 3 nitrogen and oxygen atoms in total. The van der Waals surface area contributed by atoms with Crippen LogP contribution in [0.2, 0.25) is 5.02 Å². The fourth-order valence-electron chi connectivity index (χ4n) is 1.02. The maximum Gasteiger partial charge on any atom is 0.207 e. The van der Waals surface area contributed by atoms with E-state index < -0.39 is 5.79 Å². The van der Waals surface area contributed by atoms with E-state index in [1.165, 1.54) is 6.92 Å². The molecular weight excluding hydrogens is 204 g/mol. The van der Waals surface area contributed by atoms with Gasteiger partial charge in [0.05, 0.1) is 0 Å². The van der Waals surface area contributed by atoms with Crippen LogP contribution in [0.3, 0.4) is 0 Å². The molecule has 0 fully saturated rings. The minimum atomic E-state index is -1.34. The highest BCUT2D eigenvalue weighted by Gasteiger charge is 2.21. The third kappa shape index (κ3) is 3.54. The Balaban J connectivity index is 2.64. The van der Waals surface area contributed by atoms with Crippen molar-refractivity contribution >= 4 is 11.6 Å². The first kappa shape index (κ1) is 11.3. The van der Waals surface area contributed by atoms with E-state index in [9.17, 15) is 5.11 Å². The zero-order valence-corrected chi connectivity index (χ0v) is 8.66. The Kier molecular flexibility index (Phi) is 3.75. The van der Waals surface area contributed by atoms with Crippen LogP contribution in [-0.4, -0.2) is 22.6 Å². The molecule has 0 aliphatic rings. The van der Waals surface area contributed by atoms with Gasteiger partial charge in [-0.3, -0.25) is 0 Å². The fourth-order valence-corrected chi connectivity index (χ4v) is 1.14. The van der Waals surface area contributed by atoms with E-state index in [4.69, 9.17) is 21.4 Å². The third-order valence-corrected chi connectivity index (χ3v) is 1.98. The molecule has 0 aliphatic carbocycles. The van der Waals surface area contributed by atoms with E-state index >= 15 is 0 Å². The second kappa shape index (κ2) is 4.64. The van der Waals surface area contributed by atoms with E-state index in [2.05, 4.69) is 0 Å². The van der Waals surface area contributed by atoms with E-state index in [0.717, 1.165) is 0 Å². The van der Waals surface area contributed by atoms with Crippen LogP contribution >= 0.6 is 11.6 Å². The van der Waals surface area contributed by atoms with Crippen molar-refractivity contribution in [2.75, 3.05) is 6.61 Å². The number of ether oxygens (including phenoxy) is 1. The maximum atomic E-state index is 9.62. The fraction of sp³-hybridized carbons (Fsp3) is 0.400.